The van der Waals surface area contributed by atoms with E-state index in [9.17, 15) is 18.4 Å². The number of nitrogens with zero attached hydrogens (tertiary/aromatic N) is 1. The van der Waals surface area contributed by atoms with Crippen molar-refractivity contribution < 1.29 is 13.2 Å². The van der Waals surface area contributed by atoms with Crippen molar-refractivity contribution in [1.29, 1.82) is 5.26 Å². The van der Waals surface area contributed by atoms with Gasteiger partial charge in [0.15, 0.2) is 0 Å². The summed E-state index contributed by atoms with van der Waals surface area (Å²) >= 11 is -0.0353. The number of thioether (sulfide) groups is 1. The highest BCUT2D eigenvalue weighted by molar-refractivity contribution is 8.00. The number of halogens is 3. The molecule has 0 amide bonds. The molecule has 102 valence electrons. The summed E-state index contributed by atoms with van der Waals surface area (Å²) in [6.07, 6.45) is 2.68. The molecule has 1 unspecified atom stereocenters. The van der Waals surface area contributed by atoms with Crippen LogP contribution in [0.5, 0.6) is 0 Å². The summed E-state index contributed by atoms with van der Waals surface area (Å²) in [6.45, 7) is 0. The van der Waals surface area contributed by atoms with Crippen molar-refractivity contribution in [2.45, 2.75) is 36.6 Å². The molecule has 0 heterocycles. The Kier molecular flexibility index (Phi) is 4.10. The Morgan fingerprint density at radius 3 is 2.74 bits per heavy atom. The molecule has 0 fully saturated rings. The van der Waals surface area contributed by atoms with Crippen LogP contribution in [-0.4, -0.2) is 11.3 Å². The molecule has 1 atom stereocenters. The Labute approximate surface area is 114 Å². The lowest BCUT2D eigenvalue weighted by Crippen LogP contribution is -2.30. The van der Waals surface area contributed by atoms with Crippen LogP contribution in [0.15, 0.2) is 24.3 Å². The molecule has 0 N–H and O–H groups in total. The second-order valence-corrected chi connectivity index (χ2v) is 5.91. The van der Waals surface area contributed by atoms with Crippen LogP contribution in [0.1, 0.15) is 30.4 Å². The van der Waals surface area contributed by atoms with E-state index in [-0.39, 0.29) is 23.9 Å². The number of alkyl halides is 3. The molecule has 0 radical (unpaired) electrons. The van der Waals surface area contributed by atoms with Gasteiger partial charge in [-0.1, -0.05) is 36.0 Å². The van der Waals surface area contributed by atoms with Crippen LogP contribution >= 0.6 is 11.8 Å². The van der Waals surface area contributed by atoms with Gasteiger partial charge in [-0.25, -0.2) is 0 Å². The molecule has 0 bridgehead atoms. The standard InChI is InChI=1S/C14H14F3NS/c15-14(16,17)19-9-8-13(10-18)7-3-5-11-4-1-2-6-12(11)13/h1-2,4,6H,3,5,7-9H2. The minimum atomic E-state index is -4.22. The number of fused-ring (bicyclic) bond motifs is 1. The summed E-state index contributed by atoms with van der Waals surface area (Å²) in [5.41, 5.74) is -2.93. The number of hydrogen-bond acceptors (Lipinski definition) is 2. The van der Waals surface area contributed by atoms with Gasteiger partial charge in [-0.15, -0.1) is 0 Å². The van der Waals surface area contributed by atoms with Gasteiger partial charge < -0.3 is 0 Å². The zero-order chi connectivity index (χ0) is 13.9. The molecule has 0 spiro atoms. The highest BCUT2D eigenvalue weighted by Gasteiger charge is 2.38. The fourth-order valence-electron chi connectivity index (χ4n) is 2.69. The van der Waals surface area contributed by atoms with Gasteiger partial charge in [0.25, 0.3) is 0 Å². The monoisotopic (exact) mass is 285 g/mol. The molecule has 1 nitrogen and oxygen atoms in total. The number of hydrogen-bond donors (Lipinski definition) is 0. The molecule has 0 saturated carbocycles. The summed E-state index contributed by atoms with van der Waals surface area (Å²) in [6, 6.07) is 9.90. The molecule has 5 heteroatoms. The Morgan fingerprint density at radius 2 is 2.05 bits per heavy atom. The molecule has 1 aliphatic rings. The third kappa shape index (κ3) is 3.24. The summed E-state index contributed by atoms with van der Waals surface area (Å²) in [5.74, 6) is -0.0641. The highest BCUT2D eigenvalue weighted by atomic mass is 32.2. The van der Waals surface area contributed by atoms with Crippen LogP contribution in [-0.2, 0) is 11.8 Å². The first-order valence-corrected chi connectivity index (χ1v) is 7.16. The summed E-state index contributed by atoms with van der Waals surface area (Å²) in [4.78, 5) is 0. The second-order valence-electron chi connectivity index (χ2n) is 4.75. The quantitative estimate of drug-likeness (QED) is 0.820. The van der Waals surface area contributed by atoms with Crippen LogP contribution in [0, 0.1) is 11.3 Å². The Hall–Kier alpha value is -1.15. The fourth-order valence-corrected chi connectivity index (χ4v) is 3.38. The number of rotatable bonds is 3. The molecule has 19 heavy (non-hydrogen) atoms. The van der Waals surface area contributed by atoms with Crippen LogP contribution in [0.2, 0.25) is 0 Å². The number of aryl methyl sites for hydroxylation is 1. The van der Waals surface area contributed by atoms with Gasteiger partial charge in [-0.2, -0.15) is 18.4 Å². The summed E-state index contributed by atoms with van der Waals surface area (Å²) in [5, 5.41) is 9.48. The smallest absolute Gasteiger partial charge is 0.197 e. The largest absolute Gasteiger partial charge is 0.441 e. The van der Waals surface area contributed by atoms with Crippen molar-refractivity contribution in [3.8, 4) is 6.07 Å². The minimum absolute atomic E-state index is 0.0353. The lowest BCUT2D eigenvalue weighted by atomic mass is 9.69. The summed E-state index contributed by atoms with van der Waals surface area (Å²) < 4.78 is 36.6. The van der Waals surface area contributed by atoms with Crippen molar-refractivity contribution in [3.05, 3.63) is 35.4 Å². The van der Waals surface area contributed by atoms with Crippen LogP contribution in [0.4, 0.5) is 13.2 Å². The lowest BCUT2D eigenvalue weighted by Gasteiger charge is -2.33. The molecular formula is C14H14F3NS. The van der Waals surface area contributed by atoms with Gasteiger partial charge in [0.05, 0.1) is 11.5 Å². The lowest BCUT2D eigenvalue weighted by molar-refractivity contribution is -0.0328. The van der Waals surface area contributed by atoms with Gasteiger partial charge in [-0.3, -0.25) is 0 Å². The summed E-state index contributed by atoms with van der Waals surface area (Å²) in [7, 11) is 0. The van der Waals surface area contributed by atoms with E-state index in [0.717, 1.165) is 24.0 Å². The Balaban J connectivity index is 2.18. The molecule has 0 aromatic heterocycles. The zero-order valence-electron chi connectivity index (χ0n) is 10.3. The van der Waals surface area contributed by atoms with E-state index in [0.29, 0.717) is 6.42 Å². The highest BCUT2D eigenvalue weighted by Crippen LogP contribution is 2.42. The molecule has 0 aliphatic heterocycles. The van der Waals surface area contributed by atoms with Crippen LogP contribution in [0.3, 0.4) is 0 Å². The molecule has 1 aromatic carbocycles. The van der Waals surface area contributed by atoms with E-state index in [4.69, 9.17) is 0 Å². The Morgan fingerprint density at radius 1 is 1.32 bits per heavy atom. The van der Waals surface area contributed by atoms with Gasteiger partial charge in [0.2, 0.25) is 0 Å². The van der Waals surface area contributed by atoms with E-state index in [2.05, 4.69) is 6.07 Å². The van der Waals surface area contributed by atoms with Gasteiger partial charge in [-0.05, 0) is 36.8 Å². The maximum Gasteiger partial charge on any atom is 0.441 e. The molecule has 2 rings (SSSR count). The van der Waals surface area contributed by atoms with E-state index in [1.54, 1.807) is 0 Å². The van der Waals surface area contributed by atoms with Crippen molar-refractivity contribution >= 4 is 11.8 Å². The van der Waals surface area contributed by atoms with E-state index < -0.39 is 10.9 Å². The van der Waals surface area contributed by atoms with Crippen molar-refractivity contribution in [2.24, 2.45) is 0 Å². The average molecular weight is 285 g/mol. The number of nitriles is 1. The molecule has 1 aliphatic carbocycles. The number of benzene rings is 1. The van der Waals surface area contributed by atoms with Gasteiger partial charge in [0.1, 0.15) is 0 Å². The third-order valence-electron chi connectivity index (χ3n) is 3.59. The van der Waals surface area contributed by atoms with E-state index >= 15 is 0 Å². The van der Waals surface area contributed by atoms with Crippen molar-refractivity contribution in [2.75, 3.05) is 5.75 Å². The van der Waals surface area contributed by atoms with Crippen LogP contribution in [0.25, 0.3) is 0 Å². The molecule has 1 aromatic rings. The Bertz CT molecular complexity index is 492. The normalized spacial score (nSPS) is 22.6. The van der Waals surface area contributed by atoms with Crippen molar-refractivity contribution in [3.63, 3.8) is 0 Å². The third-order valence-corrected chi connectivity index (χ3v) is 4.33. The topological polar surface area (TPSA) is 23.8 Å². The first kappa shape index (κ1) is 14.3. The second kappa shape index (κ2) is 5.46. The molecule has 0 saturated heterocycles. The van der Waals surface area contributed by atoms with Crippen molar-refractivity contribution in [1.82, 2.24) is 0 Å². The zero-order valence-corrected chi connectivity index (χ0v) is 11.2. The van der Waals surface area contributed by atoms with E-state index in [1.165, 1.54) is 0 Å². The molecular weight excluding hydrogens is 271 g/mol. The predicted molar refractivity (Wildman–Crippen MR) is 69.8 cm³/mol. The maximum atomic E-state index is 12.2. The average Bonchev–Trinajstić information content (AvgIpc) is 2.37. The fraction of sp³-hybridized carbons (Fsp3) is 0.500. The van der Waals surface area contributed by atoms with E-state index in [1.807, 2.05) is 24.3 Å². The SMILES string of the molecule is N#CC1(CCSC(F)(F)F)CCCc2ccccc21. The first-order chi connectivity index (χ1) is 8.97. The predicted octanol–water partition coefficient (Wildman–Crippen LogP) is 4.43. The minimum Gasteiger partial charge on any atom is -0.197 e. The maximum absolute atomic E-state index is 12.2. The first-order valence-electron chi connectivity index (χ1n) is 6.17. The van der Waals surface area contributed by atoms with Crippen LogP contribution < -0.4 is 0 Å². The van der Waals surface area contributed by atoms with Gasteiger partial charge >= 0.3 is 5.51 Å². The van der Waals surface area contributed by atoms with Gasteiger partial charge in [0, 0.05) is 5.75 Å².